The molecule has 0 radical (unpaired) electrons. The number of aromatic nitrogens is 3. The zero-order valence-electron chi connectivity index (χ0n) is 18.4. The van der Waals surface area contributed by atoms with Crippen LogP contribution >= 0.6 is 0 Å². The topological polar surface area (TPSA) is 97.2 Å². The van der Waals surface area contributed by atoms with Crippen LogP contribution in [-0.4, -0.2) is 32.5 Å². The minimum absolute atomic E-state index is 0.152. The Balaban J connectivity index is 1.43. The second-order valence-corrected chi connectivity index (χ2v) is 8.21. The van der Waals surface area contributed by atoms with Crippen molar-refractivity contribution in [3.05, 3.63) is 83.2 Å². The number of hydrogen-bond donors (Lipinski definition) is 1. The molecule has 0 aliphatic carbocycles. The molecule has 5 rings (SSSR count). The summed E-state index contributed by atoms with van der Waals surface area (Å²) < 4.78 is 1.82. The zero-order chi connectivity index (χ0) is 23.3. The summed E-state index contributed by atoms with van der Waals surface area (Å²) in [5.41, 5.74) is 3.33. The lowest BCUT2D eigenvalue weighted by atomic mass is 10.1. The van der Waals surface area contributed by atoms with Gasteiger partial charge in [0, 0.05) is 17.1 Å². The van der Waals surface area contributed by atoms with Gasteiger partial charge in [0.05, 0.1) is 34.3 Å². The van der Waals surface area contributed by atoms with E-state index in [0.717, 1.165) is 15.9 Å². The Labute approximate surface area is 189 Å². The number of pyridine rings is 1. The van der Waals surface area contributed by atoms with Crippen LogP contribution in [0.3, 0.4) is 0 Å². The van der Waals surface area contributed by atoms with Crippen molar-refractivity contribution in [1.82, 2.24) is 14.8 Å². The molecule has 3 heterocycles. The van der Waals surface area contributed by atoms with E-state index in [2.05, 4.69) is 15.4 Å². The Morgan fingerprint density at radius 1 is 0.970 bits per heavy atom. The van der Waals surface area contributed by atoms with E-state index in [1.165, 1.54) is 0 Å². The number of aryl methyl sites for hydroxylation is 1. The number of hydrogen-bond acceptors (Lipinski definition) is 5. The smallest absolute Gasteiger partial charge is 0.266 e. The average Bonchev–Trinajstić information content (AvgIpc) is 3.32. The highest BCUT2D eigenvalue weighted by molar-refractivity contribution is 6.34. The van der Waals surface area contributed by atoms with E-state index in [1.807, 2.05) is 18.5 Å². The van der Waals surface area contributed by atoms with Crippen LogP contribution < -0.4 is 10.2 Å². The Morgan fingerprint density at radius 2 is 1.67 bits per heavy atom. The molecule has 3 amide bonds. The fraction of sp³-hybridized carbons (Fsp3) is 0.160. The monoisotopic (exact) mass is 439 g/mol. The normalized spacial score (nSPS) is 13.2. The second kappa shape index (κ2) is 7.67. The molecule has 2 aromatic carbocycles. The Morgan fingerprint density at radius 3 is 2.33 bits per heavy atom. The van der Waals surface area contributed by atoms with Crippen molar-refractivity contribution in [2.75, 3.05) is 10.2 Å². The summed E-state index contributed by atoms with van der Waals surface area (Å²) in [5.74, 6) is -1.10. The molecule has 33 heavy (non-hydrogen) atoms. The molecule has 1 aliphatic heterocycles. The van der Waals surface area contributed by atoms with E-state index in [0.29, 0.717) is 33.8 Å². The number of nitrogens with zero attached hydrogens (tertiary/aromatic N) is 4. The zero-order valence-corrected chi connectivity index (χ0v) is 18.4. The third-order valence-corrected chi connectivity index (χ3v) is 5.65. The maximum Gasteiger partial charge on any atom is 0.266 e. The van der Waals surface area contributed by atoms with Gasteiger partial charge in [0.1, 0.15) is 0 Å². The van der Waals surface area contributed by atoms with Gasteiger partial charge in [0.15, 0.2) is 5.65 Å². The molecular weight excluding hydrogens is 418 g/mol. The van der Waals surface area contributed by atoms with Gasteiger partial charge in [0.25, 0.3) is 17.7 Å². The van der Waals surface area contributed by atoms with Crippen LogP contribution in [0.5, 0.6) is 0 Å². The Hall–Kier alpha value is -4.33. The molecule has 0 saturated heterocycles. The highest BCUT2D eigenvalue weighted by atomic mass is 16.2. The average molecular weight is 439 g/mol. The molecule has 1 aliphatic rings. The minimum Gasteiger partial charge on any atom is -0.322 e. The highest BCUT2D eigenvalue weighted by Gasteiger charge is 2.36. The maximum atomic E-state index is 13.0. The van der Waals surface area contributed by atoms with E-state index in [9.17, 15) is 14.4 Å². The third-order valence-electron chi connectivity index (χ3n) is 5.65. The number of carbonyl (C=O) groups excluding carboxylic acids is 3. The number of carbonyl (C=O) groups is 3. The molecule has 1 N–H and O–H groups in total. The lowest BCUT2D eigenvalue weighted by molar-refractivity contribution is 0.0925. The van der Waals surface area contributed by atoms with Crippen LogP contribution in [0.25, 0.3) is 11.0 Å². The van der Waals surface area contributed by atoms with E-state index >= 15 is 0 Å². The first kappa shape index (κ1) is 20.6. The van der Waals surface area contributed by atoms with Gasteiger partial charge in [-0.3, -0.25) is 14.4 Å². The molecule has 4 aromatic rings. The van der Waals surface area contributed by atoms with Gasteiger partial charge < -0.3 is 5.32 Å². The first-order valence-corrected chi connectivity index (χ1v) is 10.6. The van der Waals surface area contributed by atoms with Gasteiger partial charge in [0.2, 0.25) is 0 Å². The molecule has 0 spiro atoms. The first-order chi connectivity index (χ1) is 15.8. The summed E-state index contributed by atoms with van der Waals surface area (Å²) in [6.45, 7) is 5.82. The maximum absolute atomic E-state index is 13.0. The van der Waals surface area contributed by atoms with Crippen molar-refractivity contribution in [3.63, 3.8) is 0 Å². The number of rotatable bonds is 4. The van der Waals surface area contributed by atoms with Crippen LogP contribution in [0, 0.1) is 6.92 Å². The van der Waals surface area contributed by atoms with Crippen LogP contribution in [0.4, 0.5) is 11.4 Å². The molecule has 8 nitrogen and oxygen atoms in total. The highest BCUT2D eigenvalue weighted by Crippen LogP contribution is 2.30. The number of anilines is 2. The predicted octanol–water partition coefficient (Wildman–Crippen LogP) is 4.37. The van der Waals surface area contributed by atoms with Gasteiger partial charge >= 0.3 is 0 Å². The van der Waals surface area contributed by atoms with Crippen molar-refractivity contribution < 1.29 is 14.4 Å². The van der Waals surface area contributed by atoms with E-state index in [-0.39, 0.29) is 23.8 Å². The molecule has 2 aromatic heterocycles. The van der Waals surface area contributed by atoms with Crippen molar-refractivity contribution in [2.24, 2.45) is 0 Å². The van der Waals surface area contributed by atoms with Gasteiger partial charge in [-0.2, -0.15) is 5.10 Å². The van der Waals surface area contributed by atoms with Crippen LogP contribution in [-0.2, 0) is 0 Å². The molecule has 8 heteroatoms. The molecule has 0 bridgehead atoms. The lowest BCUT2D eigenvalue weighted by Gasteiger charge is -2.15. The van der Waals surface area contributed by atoms with Crippen LogP contribution in [0.2, 0.25) is 0 Å². The molecule has 164 valence electrons. The Bertz CT molecular complexity index is 1420. The summed E-state index contributed by atoms with van der Waals surface area (Å²) in [6.07, 6.45) is 1.70. The van der Waals surface area contributed by atoms with E-state index in [4.69, 9.17) is 0 Å². The fourth-order valence-electron chi connectivity index (χ4n) is 4.02. The van der Waals surface area contributed by atoms with Gasteiger partial charge in [-0.1, -0.05) is 18.2 Å². The van der Waals surface area contributed by atoms with Crippen molar-refractivity contribution >= 4 is 40.1 Å². The summed E-state index contributed by atoms with van der Waals surface area (Å²) in [5, 5.41) is 7.99. The standard InChI is InChI=1S/C25H21N5O3/c1-14(2)30-22-16(13-26-30)11-21(15(3)27-22)23(31)28-17-7-6-8-18(12-17)29-24(32)19-9-4-5-10-20(19)25(29)33/h4-14H,1-3H3,(H,28,31). The van der Waals surface area contributed by atoms with E-state index in [1.54, 1.807) is 67.7 Å². The summed E-state index contributed by atoms with van der Waals surface area (Å²) in [4.78, 5) is 44.3. The number of imide groups is 1. The molecule has 0 atom stereocenters. The lowest BCUT2D eigenvalue weighted by Crippen LogP contribution is -2.29. The van der Waals surface area contributed by atoms with Gasteiger partial charge in [-0.25, -0.2) is 14.6 Å². The van der Waals surface area contributed by atoms with Gasteiger partial charge in [-0.15, -0.1) is 0 Å². The summed E-state index contributed by atoms with van der Waals surface area (Å²) in [7, 11) is 0. The molecule has 0 unspecified atom stereocenters. The second-order valence-electron chi connectivity index (χ2n) is 8.21. The molecule has 0 saturated carbocycles. The summed E-state index contributed by atoms with van der Waals surface area (Å²) in [6, 6.07) is 15.3. The number of nitrogens with one attached hydrogen (secondary N) is 1. The predicted molar refractivity (Wildman–Crippen MR) is 125 cm³/mol. The minimum atomic E-state index is -0.383. The van der Waals surface area contributed by atoms with Crippen LogP contribution in [0.1, 0.15) is 56.7 Å². The van der Waals surface area contributed by atoms with Gasteiger partial charge in [-0.05, 0) is 57.2 Å². The number of fused-ring (bicyclic) bond motifs is 2. The number of benzene rings is 2. The quantitative estimate of drug-likeness (QED) is 0.476. The SMILES string of the molecule is Cc1nc2c(cnn2C(C)C)cc1C(=O)Nc1cccc(N2C(=O)c3ccccc3C2=O)c1. The summed E-state index contributed by atoms with van der Waals surface area (Å²) >= 11 is 0. The largest absolute Gasteiger partial charge is 0.322 e. The van der Waals surface area contributed by atoms with Crippen LogP contribution in [0.15, 0.2) is 60.8 Å². The van der Waals surface area contributed by atoms with Crippen molar-refractivity contribution in [2.45, 2.75) is 26.8 Å². The van der Waals surface area contributed by atoms with E-state index < -0.39 is 0 Å². The molecule has 0 fully saturated rings. The fourth-order valence-corrected chi connectivity index (χ4v) is 4.02. The van der Waals surface area contributed by atoms with Crippen molar-refractivity contribution in [3.8, 4) is 0 Å². The Kier molecular flexibility index (Phi) is 4.78. The molecular formula is C25H21N5O3. The van der Waals surface area contributed by atoms with Crippen molar-refractivity contribution in [1.29, 1.82) is 0 Å². The third kappa shape index (κ3) is 3.36. The number of amides is 3. The first-order valence-electron chi connectivity index (χ1n) is 10.6.